The number of carbonyl (C=O) groups is 1. The fourth-order valence-corrected chi connectivity index (χ4v) is 5.03. The van der Waals surface area contributed by atoms with E-state index in [0.717, 1.165) is 47.3 Å². The number of aryl methyl sites for hydroxylation is 2. The molecule has 5 nitrogen and oxygen atoms in total. The highest BCUT2D eigenvalue weighted by Gasteiger charge is 2.33. The fraction of sp³-hybridized carbons (Fsp3) is 0.529. The standard InChI is InChI=1S/C17H20N4OS2/c1-11-12(2)24-16-14(11)15(19-10-20-16)23-8-13(22)21-17(9-18)6-4-3-5-7-17/h10H,3-8H2,1-2H3,(H,21,22). The van der Waals surface area contributed by atoms with Crippen molar-refractivity contribution in [1.29, 1.82) is 5.26 Å². The molecule has 0 saturated heterocycles. The lowest BCUT2D eigenvalue weighted by molar-refractivity contribution is -0.120. The first-order chi connectivity index (χ1) is 11.5. The van der Waals surface area contributed by atoms with Gasteiger partial charge in [-0.25, -0.2) is 9.97 Å². The lowest BCUT2D eigenvalue weighted by atomic mass is 9.83. The topological polar surface area (TPSA) is 78.7 Å². The smallest absolute Gasteiger partial charge is 0.231 e. The highest BCUT2D eigenvalue weighted by molar-refractivity contribution is 8.00. The lowest BCUT2D eigenvalue weighted by Crippen LogP contribution is -2.49. The Bertz CT molecular complexity index is 803. The number of nitrogens with zero attached hydrogens (tertiary/aromatic N) is 3. The molecule has 0 spiro atoms. The van der Waals surface area contributed by atoms with E-state index in [2.05, 4.69) is 35.2 Å². The Hall–Kier alpha value is -1.65. The molecular formula is C17H20N4OS2. The molecule has 1 saturated carbocycles. The molecule has 0 atom stereocenters. The van der Waals surface area contributed by atoms with Crippen molar-refractivity contribution < 1.29 is 4.79 Å². The Morgan fingerprint density at radius 3 is 2.83 bits per heavy atom. The Morgan fingerprint density at radius 1 is 1.38 bits per heavy atom. The maximum Gasteiger partial charge on any atom is 0.231 e. The summed E-state index contributed by atoms with van der Waals surface area (Å²) in [5.74, 6) is 0.170. The predicted molar refractivity (Wildman–Crippen MR) is 97.2 cm³/mol. The molecule has 7 heteroatoms. The summed E-state index contributed by atoms with van der Waals surface area (Å²) in [6.45, 7) is 4.14. The molecule has 3 rings (SSSR count). The molecule has 1 aliphatic rings. The first-order valence-electron chi connectivity index (χ1n) is 8.10. The van der Waals surface area contributed by atoms with Crippen LogP contribution in [0.5, 0.6) is 0 Å². The summed E-state index contributed by atoms with van der Waals surface area (Å²) in [6, 6.07) is 2.32. The predicted octanol–water partition coefficient (Wildman–Crippen LogP) is 3.74. The summed E-state index contributed by atoms with van der Waals surface area (Å²) < 4.78 is 0. The minimum atomic E-state index is -0.675. The second kappa shape index (κ2) is 7.08. The van der Waals surface area contributed by atoms with Crippen molar-refractivity contribution in [2.24, 2.45) is 0 Å². The van der Waals surface area contributed by atoms with Crippen LogP contribution in [0.2, 0.25) is 0 Å². The van der Waals surface area contributed by atoms with Gasteiger partial charge in [-0.2, -0.15) is 5.26 Å². The number of fused-ring (bicyclic) bond motifs is 1. The van der Waals surface area contributed by atoms with E-state index >= 15 is 0 Å². The van der Waals surface area contributed by atoms with Crippen LogP contribution in [-0.4, -0.2) is 27.2 Å². The summed E-state index contributed by atoms with van der Waals surface area (Å²) in [6.07, 6.45) is 6.20. The molecule has 0 bridgehead atoms. The van der Waals surface area contributed by atoms with Gasteiger partial charge in [0.1, 0.15) is 21.7 Å². The first-order valence-corrected chi connectivity index (χ1v) is 9.91. The molecule has 0 radical (unpaired) electrons. The number of aromatic nitrogens is 2. The number of hydrogen-bond donors (Lipinski definition) is 1. The van der Waals surface area contributed by atoms with Crippen LogP contribution < -0.4 is 5.32 Å². The van der Waals surface area contributed by atoms with E-state index < -0.39 is 5.54 Å². The van der Waals surface area contributed by atoms with Gasteiger partial charge in [0.15, 0.2) is 0 Å². The van der Waals surface area contributed by atoms with Gasteiger partial charge >= 0.3 is 0 Å². The summed E-state index contributed by atoms with van der Waals surface area (Å²) in [4.78, 5) is 23.2. The van der Waals surface area contributed by atoms with Crippen LogP contribution in [0.25, 0.3) is 10.2 Å². The van der Waals surface area contributed by atoms with Gasteiger partial charge in [-0.15, -0.1) is 11.3 Å². The van der Waals surface area contributed by atoms with E-state index in [1.54, 1.807) is 17.7 Å². The van der Waals surface area contributed by atoms with Crippen molar-refractivity contribution in [2.45, 2.75) is 56.5 Å². The molecule has 2 aromatic rings. The highest BCUT2D eigenvalue weighted by Crippen LogP contribution is 2.34. The van der Waals surface area contributed by atoms with Crippen molar-refractivity contribution in [3.05, 3.63) is 16.8 Å². The molecular weight excluding hydrogens is 340 g/mol. The fourth-order valence-electron chi connectivity index (χ4n) is 3.12. The number of nitriles is 1. The maximum atomic E-state index is 12.4. The minimum Gasteiger partial charge on any atom is -0.337 e. The zero-order chi connectivity index (χ0) is 17.2. The molecule has 1 aliphatic carbocycles. The van der Waals surface area contributed by atoms with Gasteiger partial charge in [0, 0.05) is 10.3 Å². The third-order valence-corrected chi connectivity index (χ3v) is 6.68. The molecule has 0 aliphatic heterocycles. The molecule has 2 aromatic heterocycles. The number of carbonyl (C=O) groups excluding carboxylic acids is 1. The van der Waals surface area contributed by atoms with E-state index in [1.165, 1.54) is 22.2 Å². The SMILES string of the molecule is Cc1sc2ncnc(SCC(=O)NC3(C#N)CCCCC3)c2c1C. The van der Waals surface area contributed by atoms with Gasteiger partial charge in [-0.1, -0.05) is 31.0 Å². The number of nitrogens with one attached hydrogen (secondary N) is 1. The molecule has 126 valence electrons. The summed E-state index contributed by atoms with van der Waals surface area (Å²) in [7, 11) is 0. The van der Waals surface area contributed by atoms with Crippen molar-refractivity contribution in [2.75, 3.05) is 5.75 Å². The van der Waals surface area contributed by atoms with E-state index in [-0.39, 0.29) is 11.7 Å². The highest BCUT2D eigenvalue weighted by atomic mass is 32.2. The van der Waals surface area contributed by atoms with E-state index in [9.17, 15) is 10.1 Å². The maximum absolute atomic E-state index is 12.4. The van der Waals surface area contributed by atoms with Gasteiger partial charge in [0.2, 0.25) is 5.91 Å². The summed E-state index contributed by atoms with van der Waals surface area (Å²) in [5.41, 5.74) is 0.505. The second-order valence-corrected chi connectivity index (χ2v) is 8.40. The Balaban J connectivity index is 1.70. The van der Waals surface area contributed by atoms with Gasteiger partial charge in [0.05, 0.1) is 11.8 Å². The minimum absolute atomic E-state index is 0.0974. The molecule has 1 amide bonds. The number of thiophene rings is 1. The average Bonchev–Trinajstić information content (AvgIpc) is 2.89. The van der Waals surface area contributed by atoms with Crippen LogP contribution in [0.3, 0.4) is 0 Å². The number of thioether (sulfide) groups is 1. The average molecular weight is 361 g/mol. The van der Waals surface area contributed by atoms with Crippen molar-refractivity contribution >= 4 is 39.2 Å². The van der Waals surface area contributed by atoms with Gasteiger partial charge in [-0.3, -0.25) is 4.79 Å². The van der Waals surface area contributed by atoms with Gasteiger partial charge in [0.25, 0.3) is 0 Å². The Morgan fingerprint density at radius 2 is 2.12 bits per heavy atom. The molecule has 1 N–H and O–H groups in total. The number of amides is 1. The first kappa shape index (κ1) is 17.2. The van der Waals surface area contributed by atoms with Crippen molar-refractivity contribution in [1.82, 2.24) is 15.3 Å². The summed E-state index contributed by atoms with van der Waals surface area (Å²) in [5, 5.41) is 14.3. The zero-order valence-corrected chi connectivity index (χ0v) is 15.5. The van der Waals surface area contributed by atoms with Crippen molar-refractivity contribution in [3.8, 4) is 6.07 Å². The Labute approximate surface area is 149 Å². The second-order valence-electron chi connectivity index (χ2n) is 6.23. The largest absolute Gasteiger partial charge is 0.337 e. The van der Waals surface area contributed by atoms with Crippen LogP contribution >= 0.6 is 23.1 Å². The van der Waals surface area contributed by atoms with Crippen LogP contribution in [0, 0.1) is 25.2 Å². The van der Waals surface area contributed by atoms with Crippen LogP contribution in [-0.2, 0) is 4.79 Å². The van der Waals surface area contributed by atoms with Crippen LogP contribution in [0.4, 0.5) is 0 Å². The molecule has 2 heterocycles. The normalized spacial score (nSPS) is 16.7. The summed E-state index contributed by atoms with van der Waals surface area (Å²) >= 11 is 3.07. The van der Waals surface area contributed by atoms with E-state index in [1.807, 2.05) is 0 Å². The molecule has 1 fully saturated rings. The molecule has 0 aromatic carbocycles. The number of rotatable bonds is 4. The van der Waals surface area contributed by atoms with E-state index in [0.29, 0.717) is 0 Å². The van der Waals surface area contributed by atoms with Crippen LogP contribution in [0.15, 0.2) is 11.4 Å². The zero-order valence-electron chi connectivity index (χ0n) is 13.9. The monoisotopic (exact) mass is 360 g/mol. The van der Waals surface area contributed by atoms with Gasteiger partial charge in [-0.05, 0) is 32.3 Å². The van der Waals surface area contributed by atoms with Crippen LogP contribution in [0.1, 0.15) is 42.5 Å². The third-order valence-electron chi connectivity index (χ3n) is 4.57. The Kier molecular flexibility index (Phi) is 5.07. The van der Waals surface area contributed by atoms with Gasteiger partial charge < -0.3 is 5.32 Å². The van der Waals surface area contributed by atoms with E-state index in [4.69, 9.17) is 0 Å². The quantitative estimate of drug-likeness (QED) is 0.664. The number of hydrogen-bond acceptors (Lipinski definition) is 6. The van der Waals surface area contributed by atoms with Crippen molar-refractivity contribution in [3.63, 3.8) is 0 Å². The molecule has 24 heavy (non-hydrogen) atoms. The third kappa shape index (κ3) is 3.40. The molecule has 0 unspecified atom stereocenters. The lowest BCUT2D eigenvalue weighted by Gasteiger charge is -2.31.